The van der Waals surface area contributed by atoms with Gasteiger partial charge in [-0.2, -0.15) is 4.31 Å². The van der Waals surface area contributed by atoms with E-state index < -0.39 is 43.5 Å². The molecule has 7 nitrogen and oxygen atoms in total. The highest BCUT2D eigenvalue weighted by molar-refractivity contribution is 7.89. The van der Waals surface area contributed by atoms with Crippen molar-refractivity contribution in [3.63, 3.8) is 0 Å². The minimum absolute atomic E-state index is 0.461. The quantitative estimate of drug-likeness (QED) is 0.649. The predicted molar refractivity (Wildman–Crippen MR) is 69.2 cm³/mol. The van der Waals surface area contributed by atoms with Gasteiger partial charge in [-0.1, -0.05) is 0 Å². The highest BCUT2D eigenvalue weighted by Gasteiger charge is 2.35. The minimum Gasteiger partial charge on any atom is -0.394 e. The number of nitrogens with zero attached hydrogens (tertiary/aromatic N) is 2. The molecule has 1 aromatic rings. The minimum atomic E-state index is -4.21. The van der Waals surface area contributed by atoms with Crippen LogP contribution in [0.1, 0.15) is 13.8 Å². The third-order valence-electron chi connectivity index (χ3n) is 3.00. The molecule has 0 amide bonds. The van der Waals surface area contributed by atoms with E-state index in [1.807, 2.05) is 0 Å². The van der Waals surface area contributed by atoms with Gasteiger partial charge in [-0.3, -0.25) is 10.1 Å². The van der Waals surface area contributed by atoms with E-state index in [0.29, 0.717) is 6.07 Å². The van der Waals surface area contributed by atoms with Crippen LogP contribution in [0.3, 0.4) is 0 Å². The van der Waals surface area contributed by atoms with Crippen LogP contribution < -0.4 is 0 Å². The number of hydrogen-bond acceptors (Lipinski definition) is 5. The highest BCUT2D eigenvalue weighted by atomic mass is 32.2. The third-order valence-corrected chi connectivity index (χ3v) is 5.11. The normalized spacial score (nSPS) is 12.7. The maximum atomic E-state index is 13.8. The molecule has 0 aromatic heterocycles. The van der Waals surface area contributed by atoms with Crippen LogP contribution in [0.15, 0.2) is 23.1 Å². The molecule has 0 fully saturated rings. The van der Waals surface area contributed by atoms with Crippen molar-refractivity contribution in [1.29, 1.82) is 0 Å². The van der Waals surface area contributed by atoms with Gasteiger partial charge in [0.15, 0.2) is 0 Å². The Morgan fingerprint density at radius 2 is 2.00 bits per heavy atom. The highest BCUT2D eigenvalue weighted by Crippen LogP contribution is 2.26. The number of nitro groups is 1. The average molecular weight is 306 g/mol. The molecule has 0 aliphatic rings. The lowest BCUT2D eigenvalue weighted by Crippen LogP contribution is -2.47. The van der Waals surface area contributed by atoms with Crippen LogP contribution in [0.4, 0.5) is 10.1 Å². The van der Waals surface area contributed by atoms with Gasteiger partial charge in [0.25, 0.3) is 5.69 Å². The van der Waals surface area contributed by atoms with Gasteiger partial charge in [-0.05, 0) is 19.9 Å². The molecule has 20 heavy (non-hydrogen) atoms. The molecule has 0 atom stereocenters. The fraction of sp³-hybridized carbons (Fsp3) is 0.455. The van der Waals surface area contributed by atoms with Crippen LogP contribution >= 0.6 is 0 Å². The Hall–Kier alpha value is -1.58. The molecule has 0 radical (unpaired) electrons. The van der Waals surface area contributed by atoms with Crippen LogP contribution in [0, 0.1) is 15.9 Å². The number of halogens is 1. The summed E-state index contributed by atoms with van der Waals surface area (Å²) in [4.78, 5) is 9.01. The first-order valence-electron chi connectivity index (χ1n) is 5.58. The predicted octanol–water partition coefficient (Wildman–Crippen LogP) is 1.13. The lowest BCUT2D eigenvalue weighted by Gasteiger charge is -2.32. The van der Waals surface area contributed by atoms with E-state index in [9.17, 15) is 28.0 Å². The van der Waals surface area contributed by atoms with Gasteiger partial charge in [0, 0.05) is 13.1 Å². The maximum absolute atomic E-state index is 13.8. The van der Waals surface area contributed by atoms with Crippen molar-refractivity contribution in [3.8, 4) is 0 Å². The van der Waals surface area contributed by atoms with E-state index in [0.717, 1.165) is 16.4 Å². The van der Waals surface area contributed by atoms with Crippen molar-refractivity contribution in [2.75, 3.05) is 13.7 Å². The molecule has 9 heteroatoms. The summed E-state index contributed by atoms with van der Waals surface area (Å²) in [7, 11) is -3.01. The van der Waals surface area contributed by atoms with Crippen LogP contribution in [0.2, 0.25) is 0 Å². The Kier molecular flexibility index (Phi) is 4.47. The molecule has 1 aromatic carbocycles. The van der Waals surface area contributed by atoms with Crippen LogP contribution in [0.5, 0.6) is 0 Å². The summed E-state index contributed by atoms with van der Waals surface area (Å²) in [5, 5.41) is 19.7. The number of non-ortho nitro benzene ring substituents is 1. The van der Waals surface area contributed by atoms with Crippen LogP contribution in [0.25, 0.3) is 0 Å². The second-order valence-corrected chi connectivity index (χ2v) is 6.75. The van der Waals surface area contributed by atoms with Gasteiger partial charge < -0.3 is 5.11 Å². The number of benzene rings is 1. The third kappa shape index (κ3) is 2.94. The summed E-state index contributed by atoms with van der Waals surface area (Å²) >= 11 is 0. The topological polar surface area (TPSA) is 101 Å². The molecule has 0 saturated carbocycles. The number of likely N-dealkylation sites (N-methyl/N-ethyl adjacent to an activating group) is 1. The Morgan fingerprint density at radius 3 is 2.40 bits per heavy atom. The van der Waals surface area contributed by atoms with Gasteiger partial charge in [-0.15, -0.1) is 0 Å². The monoisotopic (exact) mass is 306 g/mol. The summed E-state index contributed by atoms with van der Waals surface area (Å²) in [5.74, 6) is -1.21. The number of rotatable bonds is 5. The number of hydrogen-bond donors (Lipinski definition) is 1. The summed E-state index contributed by atoms with van der Waals surface area (Å²) in [6, 6.07) is 2.30. The van der Waals surface area contributed by atoms with Crippen molar-refractivity contribution in [2.45, 2.75) is 24.3 Å². The Morgan fingerprint density at radius 1 is 1.45 bits per heavy atom. The summed E-state index contributed by atoms with van der Waals surface area (Å²) in [6.07, 6.45) is 0. The molecule has 0 bridgehead atoms. The largest absolute Gasteiger partial charge is 0.394 e. The zero-order valence-corrected chi connectivity index (χ0v) is 12.0. The van der Waals surface area contributed by atoms with Crippen molar-refractivity contribution in [3.05, 3.63) is 34.1 Å². The zero-order valence-electron chi connectivity index (χ0n) is 11.2. The summed E-state index contributed by atoms with van der Waals surface area (Å²) < 4.78 is 39.1. The molecule has 0 heterocycles. The van der Waals surface area contributed by atoms with Crippen molar-refractivity contribution in [1.82, 2.24) is 4.31 Å². The zero-order chi connectivity index (χ0) is 15.7. The molecule has 0 aliphatic carbocycles. The molecule has 0 saturated heterocycles. The smallest absolute Gasteiger partial charge is 0.272 e. The lowest BCUT2D eigenvalue weighted by molar-refractivity contribution is -0.385. The number of aliphatic hydroxyl groups is 1. The Labute approximate surface area is 115 Å². The molecule has 1 rings (SSSR count). The second kappa shape index (κ2) is 5.43. The van der Waals surface area contributed by atoms with Crippen molar-refractivity contribution >= 4 is 15.7 Å². The Balaban J connectivity index is 3.34. The van der Waals surface area contributed by atoms with Gasteiger partial charge in [0.2, 0.25) is 10.0 Å². The van der Waals surface area contributed by atoms with E-state index in [2.05, 4.69) is 0 Å². The summed E-state index contributed by atoms with van der Waals surface area (Å²) in [5.41, 5.74) is -1.67. The van der Waals surface area contributed by atoms with Crippen LogP contribution in [-0.4, -0.2) is 41.9 Å². The number of nitro benzene ring substituents is 1. The molecule has 0 aliphatic heterocycles. The van der Waals surface area contributed by atoms with E-state index >= 15 is 0 Å². The van der Waals surface area contributed by atoms with Crippen LogP contribution in [-0.2, 0) is 10.0 Å². The fourth-order valence-electron chi connectivity index (χ4n) is 1.38. The molecule has 1 N–H and O–H groups in total. The van der Waals surface area contributed by atoms with Gasteiger partial charge in [0.05, 0.1) is 23.1 Å². The van der Waals surface area contributed by atoms with Crippen molar-refractivity contribution < 1.29 is 22.8 Å². The average Bonchev–Trinajstić information content (AvgIpc) is 2.37. The molecule has 0 unspecified atom stereocenters. The van der Waals surface area contributed by atoms with Gasteiger partial charge in [-0.25, -0.2) is 12.8 Å². The Bertz CT molecular complexity index is 630. The molecule has 0 spiro atoms. The van der Waals surface area contributed by atoms with Gasteiger partial charge in [0.1, 0.15) is 10.7 Å². The summed E-state index contributed by atoms with van der Waals surface area (Å²) in [6.45, 7) is 2.47. The lowest BCUT2D eigenvalue weighted by atomic mass is 10.1. The standard InChI is InChI=1S/C11H15FN2O5S/c1-11(2,7-15)13(3)20(18,19)10-5-4-8(14(16)17)6-9(10)12/h4-6,15H,7H2,1-3H3. The first-order chi connectivity index (χ1) is 9.04. The SMILES string of the molecule is CN(C(C)(C)CO)S(=O)(=O)c1ccc([N+](=O)[O-])cc1F. The number of sulfonamides is 1. The first-order valence-corrected chi connectivity index (χ1v) is 7.02. The fourth-order valence-corrected chi connectivity index (χ4v) is 2.93. The first kappa shape index (κ1) is 16.5. The van der Waals surface area contributed by atoms with E-state index in [1.165, 1.54) is 20.9 Å². The number of aliphatic hydroxyl groups excluding tert-OH is 1. The van der Waals surface area contributed by atoms with Crippen molar-refractivity contribution in [2.24, 2.45) is 0 Å². The molecular weight excluding hydrogens is 291 g/mol. The van der Waals surface area contributed by atoms with Gasteiger partial charge >= 0.3 is 0 Å². The van der Waals surface area contributed by atoms with E-state index in [1.54, 1.807) is 0 Å². The second-order valence-electron chi connectivity index (χ2n) is 4.81. The molecule has 112 valence electrons. The van der Waals surface area contributed by atoms with E-state index in [4.69, 9.17) is 0 Å². The van der Waals surface area contributed by atoms with E-state index in [-0.39, 0.29) is 0 Å². The molecular formula is C11H15FN2O5S. The maximum Gasteiger partial charge on any atom is 0.272 e.